The second-order valence-corrected chi connectivity index (χ2v) is 9.30. The van der Waals surface area contributed by atoms with Crippen LogP contribution in [0.5, 0.6) is 0 Å². The van der Waals surface area contributed by atoms with Gasteiger partial charge < -0.3 is 15.1 Å². The number of hydrogen-bond acceptors (Lipinski definition) is 4. The number of furan rings is 1. The Morgan fingerprint density at radius 3 is 2.42 bits per heavy atom. The molecule has 2 amide bonds. The van der Waals surface area contributed by atoms with Crippen LogP contribution in [0.25, 0.3) is 33.4 Å². The molecular weight excluding hydrogens is 475 g/mol. The SMILES string of the molecule is CNC(=O)c1c(-c2ccc(F)cc2)oc2ccc(-c3cccc(C(=O)NCCc4cccs4)c3)cc12. The van der Waals surface area contributed by atoms with Crippen LogP contribution in [0.15, 0.2) is 88.7 Å². The van der Waals surface area contributed by atoms with E-state index in [1.807, 2.05) is 41.8 Å². The fraction of sp³-hybridized carbons (Fsp3) is 0.103. The van der Waals surface area contributed by atoms with E-state index in [9.17, 15) is 14.0 Å². The summed E-state index contributed by atoms with van der Waals surface area (Å²) in [6.45, 7) is 0.562. The number of carbonyl (C=O) groups is 2. The first-order valence-electron chi connectivity index (χ1n) is 11.5. The lowest BCUT2D eigenvalue weighted by Crippen LogP contribution is -2.25. The normalized spacial score (nSPS) is 10.9. The van der Waals surface area contributed by atoms with E-state index in [2.05, 4.69) is 16.7 Å². The largest absolute Gasteiger partial charge is 0.455 e. The molecule has 0 atom stereocenters. The zero-order valence-corrected chi connectivity index (χ0v) is 20.3. The molecule has 0 fully saturated rings. The fourth-order valence-electron chi connectivity index (χ4n) is 4.13. The maximum Gasteiger partial charge on any atom is 0.255 e. The Labute approximate surface area is 211 Å². The van der Waals surface area contributed by atoms with Crippen LogP contribution in [0.4, 0.5) is 4.39 Å². The zero-order valence-electron chi connectivity index (χ0n) is 19.5. The summed E-state index contributed by atoms with van der Waals surface area (Å²) in [5, 5.41) is 8.30. The van der Waals surface area contributed by atoms with E-state index in [0.29, 0.717) is 40.0 Å². The highest BCUT2D eigenvalue weighted by molar-refractivity contribution is 7.09. The molecule has 0 unspecified atom stereocenters. The standard InChI is InChI=1S/C29H23FN2O3S/c1-31-29(34)26-24-17-20(9-12-25(24)35-27(26)18-7-10-22(30)11-8-18)19-4-2-5-21(16-19)28(33)32-14-13-23-6-3-15-36-23/h2-12,15-17H,13-14H2,1H3,(H,31,34)(H,32,33). The molecule has 5 aromatic rings. The van der Waals surface area contributed by atoms with E-state index in [1.54, 1.807) is 42.6 Å². The third-order valence-electron chi connectivity index (χ3n) is 5.94. The summed E-state index contributed by atoms with van der Waals surface area (Å²) in [6, 6.07) is 22.8. The molecule has 5 rings (SSSR count). The summed E-state index contributed by atoms with van der Waals surface area (Å²) in [4.78, 5) is 26.8. The second kappa shape index (κ2) is 10.2. The van der Waals surface area contributed by atoms with Gasteiger partial charge in [0.2, 0.25) is 0 Å². The highest BCUT2D eigenvalue weighted by Gasteiger charge is 2.22. The maximum atomic E-state index is 13.5. The van der Waals surface area contributed by atoms with Gasteiger partial charge in [-0.3, -0.25) is 9.59 Å². The quantitative estimate of drug-likeness (QED) is 0.277. The Hall–Kier alpha value is -4.23. The van der Waals surface area contributed by atoms with Gasteiger partial charge in [0.15, 0.2) is 0 Å². The van der Waals surface area contributed by atoms with Crippen molar-refractivity contribution in [1.82, 2.24) is 10.6 Å². The summed E-state index contributed by atoms with van der Waals surface area (Å²) >= 11 is 1.67. The second-order valence-electron chi connectivity index (χ2n) is 8.27. The van der Waals surface area contributed by atoms with E-state index >= 15 is 0 Å². The van der Waals surface area contributed by atoms with Gasteiger partial charge in [-0.2, -0.15) is 0 Å². The van der Waals surface area contributed by atoms with Crippen molar-refractivity contribution in [2.45, 2.75) is 6.42 Å². The summed E-state index contributed by atoms with van der Waals surface area (Å²) < 4.78 is 19.5. The fourth-order valence-corrected chi connectivity index (χ4v) is 4.84. The third-order valence-corrected chi connectivity index (χ3v) is 6.88. The number of fused-ring (bicyclic) bond motifs is 1. The summed E-state index contributed by atoms with van der Waals surface area (Å²) in [5.74, 6) is -0.430. The monoisotopic (exact) mass is 498 g/mol. The average Bonchev–Trinajstić information content (AvgIpc) is 3.56. The number of hydrogen-bond donors (Lipinski definition) is 2. The van der Waals surface area contributed by atoms with Crippen molar-refractivity contribution in [3.63, 3.8) is 0 Å². The van der Waals surface area contributed by atoms with E-state index < -0.39 is 0 Å². The number of halogens is 1. The van der Waals surface area contributed by atoms with Crippen LogP contribution < -0.4 is 10.6 Å². The van der Waals surface area contributed by atoms with Crippen molar-refractivity contribution in [3.05, 3.63) is 106 Å². The van der Waals surface area contributed by atoms with Crippen LogP contribution in [0.2, 0.25) is 0 Å². The predicted octanol–water partition coefficient (Wildman–Crippen LogP) is 6.30. The molecule has 2 heterocycles. The zero-order chi connectivity index (χ0) is 25.1. The van der Waals surface area contributed by atoms with E-state index in [0.717, 1.165) is 17.5 Å². The summed E-state index contributed by atoms with van der Waals surface area (Å²) in [6.07, 6.45) is 0.791. The van der Waals surface area contributed by atoms with Crippen LogP contribution >= 0.6 is 11.3 Å². The van der Waals surface area contributed by atoms with Crippen molar-refractivity contribution < 1.29 is 18.4 Å². The first-order chi connectivity index (χ1) is 17.5. The highest BCUT2D eigenvalue weighted by Crippen LogP contribution is 2.36. The number of rotatable bonds is 7. The lowest BCUT2D eigenvalue weighted by Gasteiger charge is -2.08. The average molecular weight is 499 g/mol. The minimum atomic E-state index is -0.367. The van der Waals surface area contributed by atoms with Gasteiger partial charge in [-0.1, -0.05) is 24.3 Å². The Morgan fingerprint density at radius 2 is 1.67 bits per heavy atom. The smallest absolute Gasteiger partial charge is 0.255 e. The topological polar surface area (TPSA) is 71.3 Å². The van der Waals surface area contributed by atoms with Crippen molar-refractivity contribution in [2.75, 3.05) is 13.6 Å². The molecule has 0 saturated carbocycles. The van der Waals surface area contributed by atoms with E-state index in [-0.39, 0.29) is 17.6 Å². The molecule has 5 nitrogen and oxygen atoms in total. The number of benzene rings is 3. The molecule has 7 heteroatoms. The highest BCUT2D eigenvalue weighted by atomic mass is 32.1. The Bertz CT molecular complexity index is 1540. The van der Waals surface area contributed by atoms with Crippen LogP contribution in [0.1, 0.15) is 25.6 Å². The van der Waals surface area contributed by atoms with Crippen molar-refractivity contribution >= 4 is 34.1 Å². The molecule has 180 valence electrons. The first-order valence-corrected chi connectivity index (χ1v) is 12.4. The molecule has 0 spiro atoms. The van der Waals surface area contributed by atoms with E-state index in [1.165, 1.54) is 17.0 Å². The minimum absolute atomic E-state index is 0.137. The molecule has 36 heavy (non-hydrogen) atoms. The number of nitrogens with one attached hydrogen (secondary N) is 2. The molecule has 3 aromatic carbocycles. The van der Waals surface area contributed by atoms with Crippen molar-refractivity contribution in [1.29, 1.82) is 0 Å². The molecular formula is C29H23FN2O3S. The van der Waals surface area contributed by atoms with Crippen molar-refractivity contribution in [2.24, 2.45) is 0 Å². The first kappa shape index (κ1) is 23.5. The number of amides is 2. The van der Waals surface area contributed by atoms with Crippen molar-refractivity contribution in [3.8, 4) is 22.5 Å². The molecule has 0 aliphatic carbocycles. The van der Waals surface area contributed by atoms with Gasteiger partial charge in [0.25, 0.3) is 11.8 Å². The predicted molar refractivity (Wildman–Crippen MR) is 141 cm³/mol. The van der Waals surface area contributed by atoms with Crippen LogP contribution in [0, 0.1) is 5.82 Å². The van der Waals surface area contributed by atoms with Gasteiger partial charge in [0, 0.05) is 35.0 Å². The van der Waals surface area contributed by atoms with Crippen LogP contribution in [-0.4, -0.2) is 25.4 Å². The Morgan fingerprint density at radius 1 is 0.889 bits per heavy atom. The van der Waals surface area contributed by atoms with Gasteiger partial charge >= 0.3 is 0 Å². The maximum absolute atomic E-state index is 13.5. The summed E-state index contributed by atoms with van der Waals surface area (Å²) in [7, 11) is 1.56. The third kappa shape index (κ3) is 4.78. The van der Waals surface area contributed by atoms with Gasteiger partial charge in [-0.05, 0) is 77.5 Å². The van der Waals surface area contributed by atoms with Gasteiger partial charge in [-0.15, -0.1) is 11.3 Å². The van der Waals surface area contributed by atoms with E-state index in [4.69, 9.17) is 4.42 Å². The molecule has 0 bridgehead atoms. The lowest BCUT2D eigenvalue weighted by molar-refractivity contribution is 0.0949. The van der Waals surface area contributed by atoms with Gasteiger partial charge in [0.1, 0.15) is 17.2 Å². The number of carbonyl (C=O) groups excluding carboxylic acids is 2. The lowest BCUT2D eigenvalue weighted by atomic mass is 9.99. The van der Waals surface area contributed by atoms with Gasteiger partial charge in [0.05, 0.1) is 5.56 Å². The summed E-state index contributed by atoms with van der Waals surface area (Å²) in [5.41, 5.74) is 3.77. The Balaban J connectivity index is 1.46. The molecule has 0 radical (unpaired) electrons. The molecule has 0 aliphatic heterocycles. The van der Waals surface area contributed by atoms with Crippen LogP contribution in [0.3, 0.4) is 0 Å². The van der Waals surface area contributed by atoms with Gasteiger partial charge in [-0.25, -0.2) is 4.39 Å². The minimum Gasteiger partial charge on any atom is -0.455 e. The molecule has 0 saturated heterocycles. The van der Waals surface area contributed by atoms with Crippen LogP contribution in [-0.2, 0) is 6.42 Å². The molecule has 2 N–H and O–H groups in total. The Kier molecular flexibility index (Phi) is 6.64. The number of thiophene rings is 1. The molecule has 2 aromatic heterocycles. The molecule has 0 aliphatic rings.